The van der Waals surface area contributed by atoms with Gasteiger partial charge in [-0.1, -0.05) is 299 Å². The minimum atomic E-state index is -4.95. The average molecular weight is 1310 g/mol. The van der Waals surface area contributed by atoms with Gasteiger partial charge in [0.15, 0.2) is 12.2 Å². The van der Waals surface area contributed by atoms with E-state index in [9.17, 15) is 43.2 Å². The quantitative estimate of drug-likeness (QED) is 0.0222. The number of carbonyl (C=O) groups excluding carboxylic acids is 4. The first-order chi connectivity index (χ1) is 42.8. The summed E-state index contributed by atoms with van der Waals surface area (Å²) in [6, 6.07) is 0. The van der Waals surface area contributed by atoms with Crippen LogP contribution in [0.2, 0.25) is 0 Å². The van der Waals surface area contributed by atoms with Crippen molar-refractivity contribution >= 4 is 39.5 Å². The molecule has 0 radical (unpaired) electrons. The molecule has 6 atom stereocenters. The zero-order chi connectivity index (χ0) is 65.9. The van der Waals surface area contributed by atoms with Crippen molar-refractivity contribution < 1.29 is 80.2 Å². The number of rotatable bonds is 68. The van der Waals surface area contributed by atoms with E-state index in [0.717, 1.165) is 108 Å². The van der Waals surface area contributed by atoms with E-state index in [4.69, 9.17) is 37.0 Å². The molecule has 17 nitrogen and oxygen atoms in total. The average Bonchev–Trinajstić information content (AvgIpc) is 3.64. The molecule has 0 aromatic heterocycles. The minimum Gasteiger partial charge on any atom is -0.462 e. The van der Waals surface area contributed by atoms with Crippen molar-refractivity contribution in [3.05, 3.63) is 0 Å². The normalized spacial score (nSPS) is 14.5. The van der Waals surface area contributed by atoms with Crippen molar-refractivity contribution in [2.45, 2.75) is 369 Å². The van der Waals surface area contributed by atoms with Gasteiger partial charge in [-0.3, -0.25) is 37.3 Å². The number of aliphatic hydroxyl groups excluding tert-OH is 1. The first-order valence-corrected chi connectivity index (χ1v) is 39.4. The van der Waals surface area contributed by atoms with Gasteiger partial charge in [0, 0.05) is 25.7 Å². The molecule has 0 heterocycles. The van der Waals surface area contributed by atoms with E-state index in [1.165, 1.54) is 154 Å². The summed E-state index contributed by atoms with van der Waals surface area (Å²) in [6.45, 7) is 11.8. The monoisotopic (exact) mass is 1310 g/mol. The summed E-state index contributed by atoms with van der Waals surface area (Å²) in [5.41, 5.74) is 0. The standard InChI is InChI=1S/C70H136O17P2/c1-8-10-11-12-13-14-15-16-17-18-19-20-21-31-39-46-53-69(74)86-65(57-80-67(72)51-44-37-30-25-23-29-36-43-50-63(7)9-2)59-84-88(76,77)82-55-64(71)56-83-89(78,79)85-60-66(58-81-68(73)52-45-38-33-26-28-35-42-49-62(5)6)87-70(75)54-47-40-32-24-22-27-34-41-48-61(3)4/h61-66,71H,8-60H2,1-7H3,(H,76,77)(H,78,79)/t63?,64-,65-,66-/m1/s1. The molecule has 0 saturated heterocycles. The topological polar surface area (TPSA) is 237 Å². The van der Waals surface area contributed by atoms with Gasteiger partial charge in [-0.25, -0.2) is 9.13 Å². The van der Waals surface area contributed by atoms with Crippen molar-refractivity contribution in [3.63, 3.8) is 0 Å². The van der Waals surface area contributed by atoms with Crippen molar-refractivity contribution in [1.82, 2.24) is 0 Å². The highest BCUT2D eigenvalue weighted by Gasteiger charge is 2.30. The van der Waals surface area contributed by atoms with Crippen LogP contribution in [0.25, 0.3) is 0 Å². The molecule has 3 unspecified atom stereocenters. The second-order valence-electron chi connectivity index (χ2n) is 26.5. The molecule has 0 aliphatic carbocycles. The number of carbonyl (C=O) groups is 4. The first-order valence-electron chi connectivity index (χ1n) is 36.4. The summed E-state index contributed by atoms with van der Waals surface area (Å²) in [5, 5.41) is 10.6. The van der Waals surface area contributed by atoms with E-state index in [1.54, 1.807) is 0 Å². The van der Waals surface area contributed by atoms with E-state index in [0.29, 0.717) is 31.6 Å². The Kier molecular flexibility index (Phi) is 59.6. The zero-order valence-corrected chi connectivity index (χ0v) is 59.7. The fourth-order valence-corrected chi connectivity index (χ4v) is 12.1. The lowest BCUT2D eigenvalue weighted by Crippen LogP contribution is -2.30. The number of hydrogen-bond donors (Lipinski definition) is 3. The van der Waals surface area contributed by atoms with E-state index in [-0.39, 0.29) is 25.7 Å². The van der Waals surface area contributed by atoms with Gasteiger partial charge in [-0.2, -0.15) is 0 Å². The lowest BCUT2D eigenvalue weighted by molar-refractivity contribution is -0.161. The highest BCUT2D eigenvalue weighted by atomic mass is 31.2. The van der Waals surface area contributed by atoms with Gasteiger partial charge >= 0.3 is 39.5 Å². The van der Waals surface area contributed by atoms with Crippen LogP contribution in [0.15, 0.2) is 0 Å². The first kappa shape index (κ1) is 87.1. The summed E-state index contributed by atoms with van der Waals surface area (Å²) in [7, 11) is -9.90. The van der Waals surface area contributed by atoms with Gasteiger partial charge in [0.05, 0.1) is 26.4 Å². The SMILES string of the molecule is CCCCCCCCCCCCCCCCCCC(=O)O[C@H](COC(=O)CCCCCCCCCCC(C)CC)COP(=O)(O)OC[C@@H](O)COP(=O)(O)OC[C@@H](COC(=O)CCCCCCCCCC(C)C)OC(=O)CCCCCCCCCCC(C)C. The van der Waals surface area contributed by atoms with Gasteiger partial charge in [0.25, 0.3) is 0 Å². The van der Waals surface area contributed by atoms with Crippen LogP contribution in [-0.4, -0.2) is 96.7 Å². The van der Waals surface area contributed by atoms with Crippen LogP contribution in [-0.2, 0) is 65.4 Å². The smallest absolute Gasteiger partial charge is 0.462 e. The molecule has 0 rings (SSSR count). The molecule has 0 bridgehead atoms. The van der Waals surface area contributed by atoms with Crippen molar-refractivity contribution in [2.75, 3.05) is 39.6 Å². The summed E-state index contributed by atoms with van der Waals surface area (Å²) in [6.07, 6.45) is 44.5. The Morgan fingerprint density at radius 1 is 0.326 bits per heavy atom. The van der Waals surface area contributed by atoms with E-state index >= 15 is 0 Å². The fourth-order valence-electron chi connectivity index (χ4n) is 10.5. The molecule has 19 heteroatoms. The molecule has 3 N–H and O–H groups in total. The number of aliphatic hydroxyl groups is 1. The fraction of sp³-hybridized carbons (Fsp3) is 0.943. The summed E-state index contributed by atoms with van der Waals surface area (Å²) < 4.78 is 68.3. The second kappa shape index (κ2) is 61.0. The Balaban J connectivity index is 5.25. The Morgan fingerprint density at radius 3 is 0.854 bits per heavy atom. The molecule has 0 fully saturated rings. The van der Waals surface area contributed by atoms with Gasteiger partial charge in [-0.15, -0.1) is 0 Å². The third-order valence-electron chi connectivity index (χ3n) is 16.5. The second-order valence-corrected chi connectivity index (χ2v) is 29.4. The number of hydrogen-bond acceptors (Lipinski definition) is 15. The van der Waals surface area contributed by atoms with Crippen LogP contribution in [0, 0.1) is 17.8 Å². The number of esters is 4. The molecule has 0 aromatic rings. The predicted molar refractivity (Wildman–Crippen MR) is 358 cm³/mol. The number of unbranched alkanes of at least 4 members (excludes halogenated alkanes) is 35. The van der Waals surface area contributed by atoms with Crippen molar-refractivity contribution in [2.24, 2.45) is 17.8 Å². The molecule has 0 spiro atoms. The lowest BCUT2D eigenvalue weighted by Gasteiger charge is -2.21. The molecule has 0 aliphatic rings. The number of ether oxygens (including phenoxy) is 4. The maximum Gasteiger partial charge on any atom is 0.472 e. The van der Waals surface area contributed by atoms with Crippen LogP contribution in [0.5, 0.6) is 0 Å². The van der Waals surface area contributed by atoms with Gasteiger partial charge < -0.3 is 33.8 Å². The third kappa shape index (κ3) is 63.2. The van der Waals surface area contributed by atoms with Crippen molar-refractivity contribution in [3.8, 4) is 0 Å². The molecular formula is C70H136O17P2. The van der Waals surface area contributed by atoms with Crippen LogP contribution in [0.1, 0.15) is 350 Å². The van der Waals surface area contributed by atoms with Crippen LogP contribution >= 0.6 is 15.6 Å². The minimum absolute atomic E-state index is 0.103. The number of phosphoric ester groups is 2. The van der Waals surface area contributed by atoms with Crippen LogP contribution in [0.4, 0.5) is 0 Å². The third-order valence-corrected chi connectivity index (χ3v) is 18.4. The van der Waals surface area contributed by atoms with E-state index in [2.05, 4.69) is 48.5 Å². The molecular weight excluding hydrogens is 1170 g/mol. The Bertz CT molecular complexity index is 1750. The molecule has 528 valence electrons. The van der Waals surface area contributed by atoms with E-state index < -0.39 is 97.5 Å². The maximum atomic E-state index is 13.0. The van der Waals surface area contributed by atoms with Crippen LogP contribution < -0.4 is 0 Å². The zero-order valence-electron chi connectivity index (χ0n) is 57.9. The largest absolute Gasteiger partial charge is 0.472 e. The Labute approximate surface area is 543 Å². The van der Waals surface area contributed by atoms with Crippen molar-refractivity contribution in [1.29, 1.82) is 0 Å². The predicted octanol–water partition coefficient (Wildman–Crippen LogP) is 19.8. The summed E-state index contributed by atoms with van der Waals surface area (Å²) in [4.78, 5) is 72.5. The molecule has 0 amide bonds. The Morgan fingerprint density at radius 2 is 0.573 bits per heavy atom. The van der Waals surface area contributed by atoms with Gasteiger partial charge in [0.1, 0.15) is 19.3 Å². The summed E-state index contributed by atoms with van der Waals surface area (Å²) >= 11 is 0. The summed E-state index contributed by atoms with van der Waals surface area (Å²) in [5.74, 6) is 0.0724. The Hall–Kier alpha value is -1.94. The van der Waals surface area contributed by atoms with Gasteiger partial charge in [0.2, 0.25) is 0 Å². The molecule has 0 aliphatic heterocycles. The molecule has 89 heavy (non-hydrogen) atoms. The maximum absolute atomic E-state index is 13.0. The van der Waals surface area contributed by atoms with Gasteiger partial charge in [-0.05, 0) is 43.4 Å². The van der Waals surface area contributed by atoms with Crippen LogP contribution in [0.3, 0.4) is 0 Å². The highest BCUT2D eigenvalue weighted by molar-refractivity contribution is 7.47. The highest BCUT2D eigenvalue weighted by Crippen LogP contribution is 2.45. The molecule has 0 saturated carbocycles. The van der Waals surface area contributed by atoms with E-state index in [1.807, 2.05) is 0 Å². The lowest BCUT2D eigenvalue weighted by atomic mass is 9.99. The molecule has 0 aromatic carbocycles. The number of phosphoric acid groups is 2.